The van der Waals surface area contributed by atoms with E-state index in [1.54, 1.807) is 7.11 Å². The summed E-state index contributed by atoms with van der Waals surface area (Å²) in [5, 5.41) is 2.68. The van der Waals surface area contributed by atoms with Gasteiger partial charge in [-0.15, -0.1) is 0 Å². The van der Waals surface area contributed by atoms with Gasteiger partial charge in [-0.1, -0.05) is 12.1 Å². The average molecular weight is 353 g/mol. The highest BCUT2D eigenvalue weighted by Crippen LogP contribution is 2.29. The van der Waals surface area contributed by atoms with Crippen LogP contribution in [0.25, 0.3) is 6.08 Å². The molecule has 1 saturated heterocycles. The fraction of sp³-hybridized carbons (Fsp3) is 0.158. The third-order valence-corrected chi connectivity index (χ3v) is 4.50. The van der Waals surface area contributed by atoms with Gasteiger partial charge in [0.05, 0.1) is 17.7 Å². The van der Waals surface area contributed by atoms with Crippen molar-refractivity contribution in [2.24, 2.45) is 4.99 Å². The van der Waals surface area contributed by atoms with E-state index in [0.29, 0.717) is 5.84 Å². The van der Waals surface area contributed by atoms with Gasteiger partial charge in [-0.2, -0.15) is 0 Å². The lowest BCUT2D eigenvalue weighted by molar-refractivity contribution is 0.265. The second-order valence-electron chi connectivity index (χ2n) is 5.67. The van der Waals surface area contributed by atoms with Gasteiger partial charge in [0, 0.05) is 19.8 Å². The van der Waals surface area contributed by atoms with Gasteiger partial charge >= 0.3 is 0 Å². The molecule has 1 heterocycles. The maximum atomic E-state index is 11.8. The van der Waals surface area contributed by atoms with Gasteiger partial charge in [0.15, 0.2) is 0 Å². The lowest BCUT2D eigenvalue weighted by Crippen LogP contribution is -2.18. The molecule has 128 valence electrons. The first-order chi connectivity index (χ1) is 12.0. The quantitative estimate of drug-likeness (QED) is 0.891. The first-order valence-electron chi connectivity index (χ1n) is 7.76. The van der Waals surface area contributed by atoms with Crippen molar-refractivity contribution in [2.75, 3.05) is 26.1 Å². The van der Waals surface area contributed by atoms with Crippen LogP contribution in [-0.4, -0.2) is 32.3 Å². The van der Waals surface area contributed by atoms with E-state index in [-0.39, 0.29) is 5.24 Å². The fourth-order valence-corrected chi connectivity index (χ4v) is 3.05. The standard InChI is InChI=1S/C19H19N3O2S/c1-22(2)15-8-4-13(5-9-15)12-17-18(21-19(23)25-17)20-14-6-10-16(24-3)11-7-14/h4-12H,1-3H3,(H,20,21,23)/b17-12-. The van der Waals surface area contributed by atoms with Crippen LogP contribution in [0.1, 0.15) is 5.56 Å². The Morgan fingerprint density at radius 2 is 1.76 bits per heavy atom. The number of aliphatic imine (C=N–C) groups is 1. The maximum Gasteiger partial charge on any atom is 0.289 e. The topological polar surface area (TPSA) is 53.9 Å². The van der Waals surface area contributed by atoms with Crippen LogP contribution >= 0.6 is 11.8 Å². The van der Waals surface area contributed by atoms with E-state index in [1.165, 1.54) is 0 Å². The van der Waals surface area contributed by atoms with Crippen LogP contribution in [-0.2, 0) is 0 Å². The molecular weight excluding hydrogens is 334 g/mol. The molecule has 2 aromatic rings. The van der Waals surface area contributed by atoms with Crippen LogP contribution in [0.5, 0.6) is 5.75 Å². The Kier molecular flexibility index (Phi) is 5.09. The molecule has 1 aliphatic rings. The monoisotopic (exact) mass is 353 g/mol. The van der Waals surface area contributed by atoms with Crippen molar-refractivity contribution < 1.29 is 9.53 Å². The molecule has 2 aromatic carbocycles. The van der Waals surface area contributed by atoms with Crippen molar-refractivity contribution in [3.63, 3.8) is 0 Å². The summed E-state index contributed by atoms with van der Waals surface area (Å²) < 4.78 is 5.15. The molecule has 3 rings (SSSR count). The number of nitrogens with one attached hydrogen (secondary N) is 1. The molecule has 0 aliphatic carbocycles. The highest BCUT2D eigenvalue weighted by atomic mass is 32.2. The number of ether oxygens (including phenoxy) is 1. The molecule has 1 aliphatic heterocycles. The predicted molar refractivity (Wildman–Crippen MR) is 105 cm³/mol. The molecule has 0 bridgehead atoms. The lowest BCUT2D eigenvalue weighted by Gasteiger charge is -2.11. The Balaban J connectivity index is 1.87. The second kappa shape index (κ2) is 7.44. The number of rotatable bonds is 4. The second-order valence-corrected chi connectivity index (χ2v) is 6.68. The van der Waals surface area contributed by atoms with Gasteiger partial charge in [0.25, 0.3) is 5.24 Å². The molecule has 25 heavy (non-hydrogen) atoms. The summed E-state index contributed by atoms with van der Waals surface area (Å²) in [7, 11) is 5.63. The van der Waals surface area contributed by atoms with E-state index in [4.69, 9.17) is 4.74 Å². The molecule has 6 heteroatoms. The number of carbonyl (C=O) groups excluding carboxylic acids is 1. The van der Waals surface area contributed by atoms with Crippen molar-refractivity contribution in [3.05, 3.63) is 59.0 Å². The van der Waals surface area contributed by atoms with Crippen LogP contribution in [0.2, 0.25) is 0 Å². The van der Waals surface area contributed by atoms with Crippen molar-refractivity contribution >= 4 is 40.3 Å². The number of carbonyl (C=O) groups is 1. The summed E-state index contributed by atoms with van der Waals surface area (Å²) >= 11 is 1.15. The van der Waals surface area contributed by atoms with E-state index >= 15 is 0 Å². The highest BCUT2D eigenvalue weighted by Gasteiger charge is 2.23. The summed E-state index contributed by atoms with van der Waals surface area (Å²) in [6.45, 7) is 0. The van der Waals surface area contributed by atoms with Gasteiger partial charge in [-0.05, 0) is 59.8 Å². The summed E-state index contributed by atoms with van der Waals surface area (Å²) in [6.07, 6.45) is 1.96. The Morgan fingerprint density at radius 3 is 2.36 bits per heavy atom. The highest BCUT2D eigenvalue weighted by molar-refractivity contribution is 8.18. The molecule has 0 radical (unpaired) electrons. The minimum atomic E-state index is -0.122. The van der Waals surface area contributed by atoms with Crippen LogP contribution in [0.15, 0.2) is 58.4 Å². The zero-order valence-corrected chi connectivity index (χ0v) is 15.1. The number of hydrogen-bond donors (Lipinski definition) is 1. The zero-order chi connectivity index (χ0) is 17.8. The smallest absolute Gasteiger partial charge is 0.289 e. The SMILES string of the molecule is COc1ccc(N=C2NC(=O)S/C2=C\c2ccc(N(C)C)cc2)cc1. The van der Waals surface area contributed by atoms with Crippen LogP contribution in [0.4, 0.5) is 16.2 Å². The number of benzene rings is 2. The van der Waals surface area contributed by atoms with Crippen molar-refractivity contribution in [3.8, 4) is 5.75 Å². The minimum absolute atomic E-state index is 0.122. The van der Waals surface area contributed by atoms with Gasteiger partial charge in [0.2, 0.25) is 0 Å². The number of amides is 1. The summed E-state index contributed by atoms with van der Waals surface area (Å²) in [5.41, 5.74) is 2.90. The van der Waals surface area contributed by atoms with Crippen molar-refractivity contribution in [1.29, 1.82) is 0 Å². The summed E-state index contributed by atoms with van der Waals surface area (Å²) in [4.78, 5) is 19.2. The van der Waals surface area contributed by atoms with Gasteiger partial charge in [0.1, 0.15) is 11.6 Å². The maximum absolute atomic E-state index is 11.8. The summed E-state index contributed by atoms with van der Waals surface area (Å²) in [5.74, 6) is 1.34. The first kappa shape index (κ1) is 17.1. The molecule has 0 unspecified atom stereocenters. The molecule has 1 fully saturated rings. The molecule has 1 amide bonds. The fourth-order valence-electron chi connectivity index (χ4n) is 2.32. The normalized spacial score (nSPS) is 17.0. The number of anilines is 1. The Hall–Kier alpha value is -2.73. The number of hydrogen-bond acceptors (Lipinski definition) is 5. The Labute approximate surface area is 151 Å². The number of methoxy groups -OCH3 is 1. The first-order valence-corrected chi connectivity index (χ1v) is 8.58. The Morgan fingerprint density at radius 1 is 1.08 bits per heavy atom. The third kappa shape index (κ3) is 4.22. The molecule has 5 nitrogen and oxygen atoms in total. The molecule has 0 saturated carbocycles. The summed E-state index contributed by atoms with van der Waals surface area (Å²) in [6, 6.07) is 15.5. The zero-order valence-electron chi connectivity index (χ0n) is 14.3. The van der Waals surface area contributed by atoms with E-state index in [0.717, 1.165) is 39.4 Å². The Bertz CT molecular complexity index is 825. The molecular formula is C19H19N3O2S. The van der Waals surface area contributed by atoms with Crippen LogP contribution in [0, 0.1) is 0 Å². The van der Waals surface area contributed by atoms with Crippen molar-refractivity contribution in [1.82, 2.24) is 5.32 Å². The number of nitrogens with zero attached hydrogens (tertiary/aromatic N) is 2. The molecule has 0 atom stereocenters. The third-order valence-electron chi connectivity index (χ3n) is 3.68. The molecule has 0 aromatic heterocycles. The minimum Gasteiger partial charge on any atom is -0.497 e. The van der Waals surface area contributed by atoms with Crippen LogP contribution < -0.4 is 15.0 Å². The van der Waals surface area contributed by atoms with E-state index in [1.807, 2.05) is 73.6 Å². The molecule has 0 spiro atoms. The number of amidine groups is 1. The average Bonchev–Trinajstić information content (AvgIpc) is 2.95. The van der Waals surface area contributed by atoms with Crippen LogP contribution in [0.3, 0.4) is 0 Å². The predicted octanol–water partition coefficient (Wildman–Crippen LogP) is 4.29. The van der Waals surface area contributed by atoms with Crippen molar-refractivity contribution in [2.45, 2.75) is 0 Å². The van der Waals surface area contributed by atoms with E-state index < -0.39 is 0 Å². The van der Waals surface area contributed by atoms with Gasteiger partial charge in [-0.3, -0.25) is 4.79 Å². The van der Waals surface area contributed by atoms with Gasteiger partial charge < -0.3 is 15.0 Å². The number of thioether (sulfide) groups is 1. The van der Waals surface area contributed by atoms with E-state index in [9.17, 15) is 4.79 Å². The molecule has 1 N–H and O–H groups in total. The van der Waals surface area contributed by atoms with Gasteiger partial charge in [-0.25, -0.2) is 4.99 Å². The lowest BCUT2D eigenvalue weighted by atomic mass is 10.2. The van der Waals surface area contributed by atoms with E-state index in [2.05, 4.69) is 10.3 Å². The largest absolute Gasteiger partial charge is 0.497 e.